The van der Waals surface area contributed by atoms with Crippen molar-refractivity contribution in [1.82, 2.24) is 0 Å². The van der Waals surface area contributed by atoms with E-state index in [1.54, 1.807) is 19.9 Å². The molecule has 10 nitrogen and oxygen atoms in total. The van der Waals surface area contributed by atoms with Crippen molar-refractivity contribution in [3.63, 3.8) is 0 Å². The van der Waals surface area contributed by atoms with Crippen molar-refractivity contribution in [1.29, 1.82) is 0 Å². The first-order chi connectivity index (χ1) is 17.8. The summed E-state index contributed by atoms with van der Waals surface area (Å²) in [6.45, 7) is 3.74. The van der Waals surface area contributed by atoms with Crippen molar-refractivity contribution in [2.75, 3.05) is 26.9 Å². The third kappa shape index (κ3) is 6.79. The van der Waals surface area contributed by atoms with E-state index in [0.29, 0.717) is 42.2 Å². The molecule has 2 aromatic carbocycles. The fourth-order valence-electron chi connectivity index (χ4n) is 4.30. The molecule has 2 atom stereocenters. The normalized spacial score (nSPS) is 17.1. The molecule has 0 saturated heterocycles. The fourth-order valence-corrected chi connectivity index (χ4v) is 4.30. The number of aliphatic hydroxyl groups excluding tert-OH is 1. The van der Waals surface area contributed by atoms with Gasteiger partial charge in [-0.2, -0.15) is 0 Å². The zero-order chi connectivity index (χ0) is 26.9. The summed E-state index contributed by atoms with van der Waals surface area (Å²) in [7, 11) is 1.24. The number of rotatable bonds is 11. The lowest BCUT2D eigenvalue weighted by Gasteiger charge is -2.31. The van der Waals surface area contributed by atoms with Crippen molar-refractivity contribution in [2.45, 2.75) is 32.6 Å². The molecule has 0 aliphatic carbocycles. The Kier molecular flexibility index (Phi) is 9.51. The van der Waals surface area contributed by atoms with Gasteiger partial charge in [0.05, 0.1) is 30.8 Å². The van der Waals surface area contributed by atoms with Gasteiger partial charge < -0.3 is 19.3 Å². The second-order valence-corrected chi connectivity index (χ2v) is 8.54. The molecule has 37 heavy (non-hydrogen) atoms. The van der Waals surface area contributed by atoms with Gasteiger partial charge in [0.25, 0.3) is 5.69 Å². The number of carbonyl (C=O) groups excluding carboxylic acids is 2. The summed E-state index contributed by atoms with van der Waals surface area (Å²) in [5.41, 5.74) is 2.23. The summed E-state index contributed by atoms with van der Waals surface area (Å²) in [6, 6.07) is 13.2. The van der Waals surface area contributed by atoms with Crippen LogP contribution in [0.3, 0.4) is 0 Å². The molecule has 2 unspecified atom stereocenters. The highest BCUT2D eigenvalue weighted by atomic mass is 16.6. The molecule has 0 bridgehead atoms. The first kappa shape index (κ1) is 27.5. The molecule has 0 spiro atoms. The predicted octanol–water partition coefficient (Wildman–Crippen LogP) is 3.76. The summed E-state index contributed by atoms with van der Waals surface area (Å²) >= 11 is 0. The number of carbonyl (C=O) groups is 2. The van der Waals surface area contributed by atoms with Crippen LogP contribution in [0, 0.1) is 16.0 Å². The van der Waals surface area contributed by atoms with Gasteiger partial charge in [-0.3, -0.25) is 19.9 Å². The summed E-state index contributed by atoms with van der Waals surface area (Å²) in [5.74, 6) is -2.39. The molecular weight excluding hydrogens is 480 g/mol. The van der Waals surface area contributed by atoms with Crippen LogP contribution in [0.2, 0.25) is 0 Å². The monoisotopic (exact) mass is 510 g/mol. The third-order valence-electron chi connectivity index (χ3n) is 6.06. The Morgan fingerprint density at radius 2 is 1.84 bits per heavy atom. The van der Waals surface area contributed by atoms with Crippen molar-refractivity contribution < 1.29 is 33.8 Å². The highest BCUT2D eigenvalue weighted by Gasteiger charge is 2.42. The van der Waals surface area contributed by atoms with Crippen LogP contribution in [0.1, 0.15) is 37.3 Å². The number of nitrogens with zero attached hydrogens (tertiary/aromatic N) is 2. The Labute approximate surface area is 214 Å². The van der Waals surface area contributed by atoms with Crippen LogP contribution in [-0.4, -0.2) is 54.6 Å². The van der Waals surface area contributed by atoms with Crippen molar-refractivity contribution in [3.05, 3.63) is 81.0 Å². The van der Waals surface area contributed by atoms with Gasteiger partial charge in [0.15, 0.2) is 0 Å². The first-order valence-electron chi connectivity index (χ1n) is 11.8. The Bertz CT molecular complexity index is 1200. The highest BCUT2D eigenvalue weighted by Crippen LogP contribution is 2.40. The minimum atomic E-state index is -0.935. The van der Waals surface area contributed by atoms with Crippen molar-refractivity contribution >= 4 is 23.3 Å². The largest absolute Gasteiger partial charge is 0.493 e. The molecule has 3 rings (SSSR count). The minimum absolute atomic E-state index is 0.0610. The summed E-state index contributed by atoms with van der Waals surface area (Å²) < 4.78 is 16.2. The van der Waals surface area contributed by atoms with Gasteiger partial charge in [0, 0.05) is 42.5 Å². The van der Waals surface area contributed by atoms with Gasteiger partial charge in [-0.1, -0.05) is 24.3 Å². The Hall–Kier alpha value is -4.05. The summed E-state index contributed by atoms with van der Waals surface area (Å²) in [6.07, 6.45) is 0.990. The van der Waals surface area contributed by atoms with Crippen LogP contribution >= 0.6 is 0 Å². The van der Waals surface area contributed by atoms with E-state index in [1.807, 2.05) is 24.3 Å². The van der Waals surface area contributed by atoms with Crippen LogP contribution in [-0.2, 0) is 25.5 Å². The number of aliphatic hydroxyl groups is 1. The predicted molar refractivity (Wildman–Crippen MR) is 135 cm³/mol. The van der Waals surface area contributed by atoms with Crippen LogP contribution in [0.25, 0.3) is 0 Å². The van der Waals surface area contributed by atoms with E-state index < -0.39 is 28.7 Å². The van der Waals surface area contributed by atoms with Crippen LogP contribution in [0.4, 0.5) is 5.69 Å². The fraction of sp³-hybridized carbons (Fsp3) is 0.370. The van der Waals surface area contributed by atoms with Gasteiger partial charge in [-0.05, 0) is 43.5 Å². The smallest absolute Gasteiger partial charge is 0.336 e. The Morgan fingerprint density at radius 1 is 1.11 bits per heavy atom. The molecule has 0 fully saturated rings. The number of allylic oxidation sites excluding steroid dienone is 1. The van der Waals surface area contributed by atoms with Gasteiger partial charge in [-0.25, -0.2) is 4.79 Å². The molecule has 1 N–H and O–H groups in total. The van der Waals surface area contributed by atoms with E-state index in [4.69, 9.17) is 19.3 Å². The van der Waals surface area contributed by atoms with E-state index in [9.17, 15) is 19.7 Å². The molecule has 0 saturated carbocycles. The first-order valence-corrected chi connectivity index (χ1v) is 11.8. The molecule has 1 aliphatic heterocycles. The number of aliphatic imine (C=N–C) groups is 1. The standard InChI is InChI=1S/C27H30N2O8/c1-17-23(26(31)35-3)25(20-6-4-7-21(16-20)29(33)34)24(18(2)28-17)27(32)37-15-5-14-36-22-10-8-19(9-11-22)12-13-30/h4,6-11,16,23,25,30H,5,12-15H2,1-3H3. The zero-order valence-electron chi connectivity index (χ0n) is 21.0. The van der Waals surface area contributed by atoms with Gasteiger partial charge >= 0.3 is 11.9 Å². The molecule has 196 valence electrons. The number of nitro benzene ring substituents is 1. The minimum Gasteiger partial charge on any atom is -0.493 e. The van der Waals surface area contributed by atoms with Gasteiger partial charge in [0.2, 0.25) is 0 Å². The molecule has 0 radical (unpaired) electrons. The van der Waals surface area contributed by atoms with Crippen molar-refractivity contribution in [3.8, 4) is 5.75 Å². The maximum Gasteiger partial charge on any atom is 0.336 e. The Balaban J connectivity index is 1.73. The van der Waals surface area contributed by atoms with E-state index >= 15 is 0 Å². The lowest BCUT2D eigenvalue weighted by atomic mass is 9.75. The molecule has 0 amide bonds. The molecule has 1 heterocycles. The number of non-ortho nitro benzene ring substituents is 1. The van der Waals surface area contributed by atoms with Crippen molar-refractivity contribution in [2.24, 2.45) is 10.9 Å². The second-order valence-electron chi connectivity index (χ2n) is 8.54. The van der Waals surface area contributed by atoms with E-state index in [2.05, 4.69) is 4.99 Å². The molecular formula is C27H30N2O8. The lowest BCUT2D eigenvalue weighted by Crippen LogP contribution is -2.36. The zero-order valence-corrected chi connectivity index (χ0v) is 21.0. The van der Waals surface area contributed by atoms with E-state index in [1.165, 1.54) is 25.3 Å². The molecule has 10 heteroatoms. The van der Waals surface area contributed by atoms with E-state index in [0.717, 1.165) is 5.56 Å². The van der Waals surface area contributed by atoms with Crippen LogP contribution in [0.15, 0.2) is 64.8 Å². The topological polar surface area (TPSA) is 138 Å². The molecule has 0 aromatic heterocycles. The second kappa shape index (κ2) is 12.8. The maximum absolute atomic E-state index is 13.2. The maximum atomic E-state index is 13.2. The number of ether oxygens (including phenoxy) is 3. The number of methoxy groups -OCH3 is 1. The highest BCUT2D eigenvalue weighted by molar-refractivity contribution is 6.07. The van der Waals surface area contributed by atoms with E-state index in [-0.39, 0.29) is 24.5 Å². The number of hydrogen-bond acceptors (Lipinski definition) is 9. The average Bonchev–Trinajstić information content (AvgIpc) is 2.88. The number of esters is 2. The number of benzene rings is 2. The number of hydrogen-bond donors (Lipinski definition) is 1. The summed E-state index contributed by atoms with van der Waals surface area (Å²) in [5, 5.41) is 20.4. The third-order valence-corrected chi connectivity index (χ3v) is 6.06. The van der Waals surface area contributed by atoms with Crippen LogP contribution in [0.5, 0.6) is 5.75 Å². The van der Waals surface area contributed by atoms with Gasteiger partial charge in [-0.15, -0.1) is 0 Å². The summed E-state index contributed by atoms with van der Waals surface area (Å²) in [4.78, 5) is 41.1. The average molecular weight is 511 g/mol. The molecule has 1 aliphatic rings. The Morgan fingerprint density at radius 3 is 2.49 bits per heavy atom. The van der Waals surface area contributed by atoms with Crippen LogP contribution < -0.4 is 4.74 Å². The lowest BCUT2D eigenvalue weighted by molar-refractivity contribution is -0.384. The molecule has 2 aromatic rings. The number of nitro groups is 1. The van der Waals surface area contributed by atoms with Gasteiger partial charge in [0.1, 0.15) is 11.7 Å². The SMILES string of the molecule is COC(=O)C1C(C)=NC(C)=C(C(=O)OCCCOc2ccc(CCO)cc2)C1c1cccc([N+](=O)[O-])c1. The quantitative estimate of drug-likeness (QED) is 0.209.